The number of halogens is 1. The van der Waals surface area contributed by atoms with E-state index in [1.165, 1.54) is 25.9 Å². The largest absolute Gasteiger partial charge is 0.348 e. The van der Waals surface area contributed by atoms with Crippen molar-refractivity contribution in [1.29, 1.82) is 0 Å². The molecule has 3 saturated heterocycles. The van der Waals surface area contributed by atoms with Crippen molar-refractivity contribution in [3.63, 3.8) is 0 Å². The molecule has 1 atom stereocenters. The van der Waals surface area contributed by atoms with Gasteiger partial charge in [0.25, 0.3) is 5.91 Å². The lowest BCUT2D eigenvalue weighted by Crippen LogP contribution is -2.57. The zero-order chi connectivity index (χ0) is 14.4. The van der Waals surface area contributed by atoms with Crippen LogP contribution in [0.15, 0.2) is 24.5 Å². The van der Waals surface area contributed by atoms with Crippen LogP contribution in [0.5, 0.6) is 0 Å². The minimum absolute atomic E-state index is 0.0182. The van der Waals surface area contributed by atoms with Gasteiger partial charge >= 0.3 is 0 Å². The Morgan fingerprint density at radius 1 is 1.38 bits per heavy atom. The molecule has 0 spiro atoms. The van der Waals surface area contributed by atoms with Crippen molar-refractivity contribution < 1.29 is 4.79 Å². The standard InChI is InChI=1S/C15H17ClN4O/c16-13-9-20-6-3-11(7-14(20)18-13)15(21)17-12-8-19-4-1-10(12)2-5-19/h3,6-7,9-10,12H,1-2,4-5,8H2,(H,17,21). The average Bonchev–Trinajstić information content (AvgIpc) is 2.87. The molecule has 0 saturated carbocycles. The predicted octanol–water partition coefficient (Wildman–Crippen LogP) is 1.81. The van der Waals surface area contributed by atoms with E-state index >= 15 is 0 Å². The number of hydrogen-bond acceptors (Lipinski definition) is 3. The fraction of sp³-hybridized carbons (Fsp3) is 0.467. The number of amides is 1. The van der Waals surface area contributed by atoms with Crippen molar-refractivity contribution in [3.05, 3.63) is 35.2 Å². The Hall–Kier alpha value is -1.59. The Bertz CT molecular complexity index is 690. The average molecular weight is 305 g/mol. The topological polar surface area (TPSA) is 49.6 Å². The highest BCUT2D eigenvalue weighted by molar-refractivity contribution is 6.29. The number of piperidine rings is 3. The van der Waals surface area contributed by atoms with Gasteiger partial charge in [-0.1, -0.05) is 11.6 Å². The molecular formula is C15H17ClN4O. The summed E-state index contributed by atoms with van der Waals surface area (Å²) in [5.74, 6) is 0.610. The molecule has 3 fully saturated rings. The molecule has 1 unspecified atom stereocenters. The van der Waals surface area contributed by atoms with Gasteiger partial charge in [-0.15, -0.1) is 0 Å². The maximum atomic E-state index is 12.4. The zero-order valence-corrected chi connectivity index (χ0v) is 12.4. The molecule has 0 aliphatic carbocycles. The van der Waals surface area contributed by atoms with E-state index in [4.69, 9.17) is 11.6 Å². The van der Waals surface area contributed by atoms with Gasteiger partial charge in [0.2, 0.25) is 0 Å². The summed E-state index contributed by atoms with van der Waals surface area (Å²) in [4.78, 5) is 19.1. The lowest BCUT2D eigenvalue weighted by Gasteiger charge is -2.44. The minimum Gasteiger partial charge on any atom is -0.348 e. The van der Waals surface area contributed by atoms with Crippen LogP contribution >= 0.6 is 11.6 Å². The van der Waals surface area contributed by atoms with Crippen LogP contribution in [0.25, 0.3) is 5.65 Å². The summed E-state index contributed by atoms with van der Waals surface area (Å²) in [6, 6.07) is 3.86. The van der Waals surface area contributed by atoms with Crippen LogP contribution in [0.3, 0.4) is 0 Å². The summed E-state index contributed by atoms with van der Waals surface area (Å²) < 4.78 is 1.81. The maximum absolute atomic E-state index is 12.4. The quantitative estimate of drug-likeness (QED) is 0.920. The Balaban J connectivity index is 1.53. The number of imidazole rings is 1. The normalized spacial score (nSPS) is 28.0. The van der Waals surface area contributed by atoms with Gasteiger partial charge in [0.05, 0.1) is 0 Å². The second-order valence-electron chi connectivity index (χ2n) is 5.96. The predicted molar refractivity (Wildman–Crippen MR) is 80.6 cm³/mol. The van der Waals surface area contributed by atoms with Gasteiger partial charge in [-0.3, -0.25) is 4.79 Å². The van der Waals surface area contributed by atoms with Crippen molar-refractivity contribution in [1.82, 2.24) is 19.6 Å². The van der Waals surface area contributed by atoms with Crippen molar-refractivity contribution in [3.8, 4) is 0 Å². The van der Waals surface area contributed by atoms with Crippen molar-refractivity contribution in [2.24, 2.45) is 5.92 Å². The molecule has 2 bridgehead atoms. The first-order valence-electron chi connectivity index (χ1n) is 7.36. The zero-order valence-electron chi connectivity index (χ0n) is 11.6. The third-order valence-corrected chi connectivity index (χ3v) is 4.85. The number of rotatable bonds is 2. The molecule has 0 aromatic carbocycles. The first kappa shape index (κ1) is 13.1. The number of aromatic nitrogens is 2. The van der Waals surface area contributed by atoms with Crippen LogP contribution in [-0.2, 0) is 0 Å². The number of hydrogen-bond donors (Lipinski definition) is 1. The maximum Gasteiger partial charge on any atom is 0.251 e. The number of nitrogens with one attached hydrogen (secondary N) is 1. The summed E-state index contributed by atoms with van der Waals surface area (Å²) in [7, 11) is 0. The van der Waals surface area contributed by atoms with Gasteiger partial charge < -0.3 is 14.6 Å². The van der Waals surface area contributed by atoms with Gasteiger partial charge in [0.15, 0.2) is 0 Å². The fourth-order valence-corrected chi connectivity index (χ4v) is 3.66. The first-order valence-corrected chi connectivity index (χ1v) is 7.74. The molecule has 5 rings (SSSR count). The van der Waals surface area contributed by atoms with Crippen molar-refractivity contribution in [2.45, 2.75) is 18.9 Å². The molecule has 5 heterocycles. The molecule has 0 radical (unpaired) electrons. The van der Waals surface area contributed by atoms with E-state index < -0.39 is 0 Å². The summed E-state index contributed by atoms with van der Waals surface area (Å²) >= 11 is 5.88. The third-order valence-electron chi connectivity index (χ3n) is 4.67. The van der Waals surface area contributed by atoms with Crippen LogP contribution in [0, 0.1) is 5.92 Å². The van der Waals surface area contributed by atoms with Gasteiger partial charge in [0.1, 0.15) is 10.8 Å². The highest BCUT2D eigenvalue weighted by Gasteiger charge is 2.34. The smallest absolute Gasteiger partial charge is 0.251 e. The Kier molecular flexibility index (Phi) is 3.12. The van der Waals surface area contributed by atoms with E-state index in [9.17, 15) is 4.79 Å². The summed E-state index contributed by atoms with van der Waals surface area (Å²) in [6.07, 6.45) is 5.94. The Labute approximate surface area is 127 Å². The highest BCUT2D eigenvalue weighted by atomic mass is 35.5. The minimum atomic E-state index is -0.0182. The van der Waals surface area contributed by atoms with Crippen LogP contribution < -0.4 is 5.32 Å². The number of carbonyl (C=O) groups is 1. The molecule has 5 nitrogen and oxygen atoms in total. The molecule has 2 aromatic heterocycles. The van der Waals surface area contributed by atoms with Gasteiger partial charge in [-0.05, 0) is 44.0 Å². The van der Waals surface area contributed by atoms with E-state index in [-0.39, 0.29) is 11.9 Å². The van der Waals surface area contributed by atoms with E-state index in [2.05, 4.69) is 15.2 Å². The number of pyridine rings is 1. The molecule has 2 aromatic rings. The highest BCUT2D eigenvalue weighted by Crippen LogP contribution is 2.27. The SMILES string of the molecule is O=C(NC1CN2CCC1CC2)c1ccn2cc(Cl)nc2c1. The Morgan fingerprint density at radius 3 is 2.90 bits per heavy atom. The van der Waals surface area contributed by atoms with E-state index in [1.54, 1.807) is 12.3 Å². The molecule has 1 amide bonds. The van der Waals surface area contributed by atoms with Crippen LogP contribution in [0.4, 0.5) is 0 Å². The van der Waals surface area contributed by atoms with Crippen LogP contribution in [-0.4, -0.2) is 45.9 Å². The van der Waals surface area contributed by atoms with Crippen molar-refractivity contribution in [2.75, 3.05) is 19.6 Å². The van der Waals surface area contributed by atoms with E-state index in [0.29, 0.717) is 22.3 Å². The number of nitrogens with zero attached hydrogens (tertiary/aromatic N) is 3. The molecule has 21 heavy (non-hydrogen) atoms. The molecule has 3 aliphatic rings. The summed E-state index contributed by atoms with van der Waals surface area (Å²) in [6.45, 7) is 3.33. The summed E-state index contributed by atoms with van der Waals surface area (Å²) in [5.41, 5.74) is 1.34. The molecule has 110 valence electrons. The van der Waals surface area contributed by atoms with Crippen LogP contribution in [0.2, 0.25) is 5.15 Å². The lowest BCUT2D eigenvalue weighted by molar-refractivity contribution is 0.0620. The van der Waals surface area contributed by atoms with Gasteiger partial charge in [0, 0.05) is 30.5 Å². The summed E-state index contributed by atoms with van der Waals surface area (Å²) in [5, 5.41) is 3.62. The molecule has 6 heteroatoms. The van der Waals surface area contributed by atoms with Crippen LogP contribution in [0.1, 0.15) is 23.2 Å². The number of fused-ring (bicyclic) bond motifs is 4. The number of carbonyl (C=O) groups excluding carboxylic acids is 1. The molecule has 3 aliphatic heterocycles. The molecule has 1 N–H and O–H groups in total. The van der Waals surface area contributed by atoms with E-state index in [1.807, 2.05) is 16.7 Å². The van der Waals surface area contributed by atoms with Gasteiger partial charge in [-0.2, -0.15) is 0 Å². The third kappa shape index (κ3) is 2.40. The monoisotopic (exact) mass is 304 g/mol. The lowest BCUT2D eigenvalue weighted by atomic mass is 9.84. The molecular weight excluding hydrogens is 288 g/mol. The second kappa shape index (κ2) is 5.00. The van der Waals surface area contributed by atoms with Gasteiger partial charge in [-0.25, -0.2) is 4.98 Å². The Morgan fingerprint density at radius 2 is 2.19 bits per heavy atom. The van der Waals surface area contributed by atoms with Crippen molar-refractivity contribution >= 4 is 23.2 Å². The fourth-order valence-electron chi connectivity index (χ4n) is 3.47. The first-order chi connectivity index (χ1) is 10.2. The second-order valence-corrected chi connectivity index (χ2v) is 6.35. The van der Waals surface area contributed by atoms with E-state index in [0.717, 1.165) is 6.54 Å².